The Morgan fingerprint density at radius 1 is 1.07 bits per heavy atom. The fraction of sp³-hybridized carbons (Fsp3) is 1.00. The molecule has 1 saturated carbocycles. The van der Waals surface area contributed by atoms with E-state index in [0.717, 1.165) is 13.0 Å². The second kappa shape index (κ2) is 7.24. The molecule has 0 aliphatic heterocycles. The Kier molecular flexibility index (Phi) is 6.26. The number of aliphatic hydroxyl groups is 1. The monoisotopic (exact) mass is 213 g/mol. The Morgan fingerprint density at radius 2 is 1.73 bits per heavy atom. The van der Waals surface area contributed by atoms with E-state index in [1.807, 2.05) is 0 Å². The molecule has 0 unspecified atom stereocenters. The predicted molar refractivity (Wildman–Crippen MR) is 65.0 cm³/mol. The minimum atomic E-state index is 0.353. The maximum atomic E-state index is 8.63. The number of rotatable bonds is 8. The van der Waals surface area contributed by atoms with Gasteiger partial charge in [-0.25, -0.2) is 0 Å². The van der Waals surface area contributed by atoms with Gasteiger partial charge in [-0.2, -0.15) is 0 Å². The van der Waals surface area contributed by atoms with Crippen molar-refractivity contribution in [3.8, 4) is 0 Å². The van der Waals surface area contributed by atoms with E-state index >= 15 is 0 Å². The summed E-state index contributed by atoms with van der Waals surface area (Å²) in [5, 5.41) is 12.2. The first-order valence-electron chi connectivity index (χ1n) is 6.58. The van der Waals surface area contributed by atoms with Crippen molar-refractivity contribution < 1.29 is 5.11 Å². The molecule has 1 fully saturated rings. The number of hydrogen-bond acceptors (Lipinski definition) is 2. The Labute approximate surface area is 94.5 Å². The Balaban J connectivity index is 1.88. The summed E-state index contributed by atoms with van der Waals surface area (Å²) in [5.74, 6) is 0. The molecule has 0 heterocycles. The van der Waals surface area contributed by atoms with Crippen molar-refractivity contribution in [2.24, 2.45) is 5.41 Å². The third kappa shape index (κ3) is 5.53. The summed E-state index contributed by atoms with van der Waals surface area (Å²) in [7, 11) is 0. The van der Waals surface area contributed by atoms with Gasteiger partial charge in [-0.05, 0) is 37.6 Å². The van der Waals surface area contributed by atoms with Crippen LogP contribution in [-0.4, -0.2) is 24.8 Å². The fourth-order valence-electron chi connectivity index (χ4n) is 2.51. The quantitative estimate of drug-likeness (QED) is 0.608. The molecule has 2 nitrogen and oxygen atoms in total. The second-order valence-electron chi connectivity index (χ2n) is 5.33. The zero-order chi connectivity index (χ0) is 11.0. The van der Waals surface area contributed by atoms with E-state index in [9.17, 15) is 0 Å². The van der Waals surface area contributed by atoms with Gasteiger partial charge in [-0.1, -0.05) is 32.6 Å². The normalized spacial score (nSPS) is 19.6. The van der Waals surface area contributed by atoms with E-state index in [4.69, 9.17) is 5.11 Å². The van der Waals surface area contributed by atoms with Crippen molar-refractivity contribution in [3.05, 3.63) is 0 Å². The number of nitrogens with one attached hydrogen (secondary N) is 1. The maximum absolute atomic E-state index is 8.63. The van der Waals surface area contributed by atoms with E-state index in [1.54, 1.807) is 0 Å². The zero-order valence-electron chi connectivity index (χ0n) is 10.2. The number of aliphatic hydroxyl groups excluding tert-OH is 1. The van der Waals surface area contributed by atoms with Gasteiger partial charge >= 0.3 is 0 Å². The number of unbranched alkanes of at least 4 members (excludes halogenated alkanes) is 3. The molecule has 2 N–H and O–H groups in total. The van der Waals surface area contributed by atoms with Crippen LogP contribution in [0.15, 0.2) is 0 Å². The highest BCUT2D eigenvalue weighted by atomic mass is 16.2. The molecule has 0 spiro atoms. The highest BCUT2D eigenvalue weighted by molar-refractivity contribution is 4.82. The van der Waals surface area contributed by atoms with Crippen LogP contribution >= 0.6 is 0 Å². The molecule has 0 atom stereocenters. The van der Waals surface area contributed by atoms with Crippen LogP contribution in [0.2, 0.25) is 0 Å². The zero-order valence-corrected chi connectivity index (χ0v) is 10.2. The molecule has 0 aromatic heterocycles. The van der Waals surface area contributed by atoms with Gasteiger partial charge in [0.15, 0.2) is 0 Å². The molecule has 0 amide bonds. The highest BCUT2D eigenvalue weighted by Gasteiger charge is 2.27. The van der Waals surface area contributed by atoms with Gasteiger partial charge in [0.2, 0.25) is 0 Å². The molecule has 0 aromatic rings. The Bertz CT molecular complexity index is 153. The van der Waals surface area contributed by atoms with Crippen LogP contribution in [0.5, 0.6) is 0 Å². The summed E-state index contributed by atoms with van der Waals surface area (Å²) in [5.41, 5.74) is 0.588. The van der Waals surface area contributed by atoms with Gasteiger partial charge in [0.1, 0.15) is 0 Å². The van der Waals surface area contributed by atoms with E-state index in [2.05, 4.69) is 12.2 Å². The summed E-state index contributed by atoms with van der Waals surface area (Å²) in [6.45, 7) is 5.12. The standard InChI is InChI=1S/C13H27NO/c1-13(8-4-5-9-13)12-14-10-6-2-3-7-11-15/h14-15H,2-12H2,1H3. The van der Waals surface area contributed by atoms with Gasteiger partial charge in [0.05, 0.1) is 0 Å². The lowest BCUT2D eigenvalue weighted by atomic mass is 9.89. The van der Waals surface area contributed by atoms with Crippen LogP contribution in [0.3, 0.4) is 0 Å². The molecule has 0 aromatic carbocycles. The molecule has 1 aliphatic rings. The summed E-state index contributed by atoms with van der Waals surface area (Å²) < 4.78 is 0. The smallest absolute Gasteiger partial charge is 0.0431 e. The van der Waals surface area contributed by atoms with Gasteiger partial charge < -0.3 is 10.4 Å². The van der Waals surface area contributed by atoms with Gasteiger partial charge in [0, 0.05) is 13.2 Å². The second-order valence-corrected chi connectivity index (χ2v) is 5.33. The lowest BCUT2D eigenvalue weighted by Crippen LogP contribution is -2.30. The van der Waals surface area contributed by atoms with Crippen LogP contribution in [0.1, 0.15) is 58.3 Å². The first-order valence-corrected chi connectivity index (χ1v) is 6.58. The molecule has 0 saturated heterocycles. The van der Waals surface area contributed by atoms with Crippen LogP contribution in [-0.2, 0) is 0 Å². The summed E-state index contributed by atoms with van der Waals surface area (Å²) in [6.07, 6.45) is 10.3. The summed E-state index contributed by atoms with van der Waals surface area (Å²) in [4.78, 5) is 0. The van der Waals surface area contributed by atoms with Crippen LogP contribution < -0.4 is 5.32 Å². The van der Waals surface area contributed by atoms with Gasteiger partial charge in [-0.3, -0.25) is 0 Å². The molecule has 15 heavy (non-hydrogen) atoms. The van der Waals surface area contributed by atoms with Crippen molar-refractivity contribution in [3.63, 3.8) is 0 Å². The van der Waals surface area contributed by atoms with Crippen LogP contribution in [0, 0.1) is 5.41 Å². The van der Waals surface area contributed by atoms with Crippen molar-refractivity contribution in [2.75, 3.05) is 19.7 Å². The topological polar surface area (TPSA) is 32.3 Å². The molecular formula is C13H27NO. The highest BCUT2D eigenvalue weighted by Crippen LogP contribution is 2.36. The third-order valence-electron chi connectivity index (χ3n) is 3.62. The molecule has 2 heteroatoms. The van der Waals surface area contributed by atoms with E-state index in [-0.39, 0.29) is 0 Å². The van der Waals surface area contributed by atoms with Crippen molar-refractivity contribution >= 4 is 0 Å². The van der Waals surface area contributed by atoms with Crippen molar-refractivity contribution in [1.29, 1.82) is 0 Å². The summed E-state index contributed by atoms with van der Waals surface area (Å²) >= 11 is 0. The largest absolute Gasteiger partial charge is 0.396 e. The number of hydrogen-bond donors (Lipinski definition) is 2. The maximum Gasteiger partial charge on any atom is 0.0431 e. The molecule has 1 aliphatic carbocycles. The van der Waals surface area contributed by atoms with Crippen molar-refractivity contribution in [1.82, 2.24) is 5.32 Å². The predicted octanol–water partition coefficient (Wildman–Crippen LogP) is 2.71. The Morgan fingerprint density at radius 3 is 2.40 bits per heavy atom. The Hall–Kier alpha value is -0.0800. The van der Waals surface area contributed by atoms with Gasteiger partial charge in [-0.15, -0.1) is 0 Å². The minimum Gasteiger partial charge on any atom is -0.396 e. The van der Waals surface area contributed by atoms with E-state index in [0.29, 0.717) is 12.0 Å². The first kappa shape index (κ1) is 13.0. The SMILES string of the molecule is CC1(CNCCCCCCO)CCCC1. The average molecular weight is 213 g/mol. The van der Waals surface area contributed by atoms with E-state index < -0.39 is 0 Å². The fourth-order valence-corrected chi connectivity index (χ4v) is 2.51. The van der Waals surface area contributed by atoms with Crippen LogP contribution in [0.25, 0.3) is 0 Å². The molecule has 0 radical (unpaired) electrons. The lowest BCUT2D eigenvalue weighted by Gasteiger charge is -2.23. The molecular weight excluding hydrogens is 186 g/mol. The molecule has 0 bridgehead atoms. The van der Waals surface area contributed by atoms with E-state index in [1.165, 1.54) is 51.5 Å². The molecule has 90 valence electrons. The third-order valence-corrected chi connectivity index (χ3v) is 3.62. The summed E-state index contributed by atoms with van der Waals surface area (Å²) in [6, 6.07) is 0. The lowest BCUT2D eigenvalue weighted by molar-refractivity contribution is 0.281. The first-order chi connectivity index (χ1) is 7.27. The van der Waals surface area contributed by atoms with Crippen molar-refractivity contribution in [2.45, 2.75) is 58.3 Å². The average Bonchev–Trinajstić information content (AvgIpc) is 2.64. The van der Waals surface area contributed by atoms with Gasteiger partial charge in [0.25, 0.3) is 0 Å². The minimum absolute atomic E-state index is 0.353. The van der Waals surface area contributed by atoms with Crippen LogP contribution in [0.4, 0.5) is 0 Å². The molecule has 1 rings (SSSR count).